The van der Waals surface area contributed by atoms with Crippen LogP contribution in [0.5, 0.6) is 5.75 Å². The van der Waals surface area contributed by atoms with Crippen LogP contribution in [-0.4, -0.2) is 69.8 Å². The summed E-state index contributed by atoms with van der Waals surface area (Å²) in [6.45, 7) is 2.78. The summed E-state index contributed by atoms with van der Waals surface area (Å²) in [4.78, 5) is 50.4. The monoisotopic (exact) mass is 528 g/mol. The van der Waals surface area contributed by atoms with Crippen LogP contribution in [0.15, 0.2) is 54.6 Å². The fraction of sp³-hybridized carbons (Fsp3) is 0.407. The number of carboxylic acid groups (broad SMARTS) is 1. The second kappa shape index (κ2) is 14.7. The van der Waals surface area contributed by atoms with E-state index < -0.39 is 60.4 Å². The van der Waals surface area contributed by atoms with Crippen molar-refractivity contribution < 1.29 is 34.5 Å². The topological polar surface area (TPSA) is 191 Å². The number of aliphatic hydroxyl groups excluding tert-OH is 1. The van der Waals surface area contributed by atoms with Crippen LogP contribution in [0.25, 0.3) is 0 Å². The van der Waals surface area contributed by atoms with E-state index in [1.54, 1.807) is 26.0 Å². The number of carbonyl (C=O) groups excluding carboxylic acids is 3. The zero-order valence-electron chi connectivity index (χ0n) is 21.5. The fourth-order valence-corrected chi connectivity index (χ4v) is 3.72. The SMILES string of the molecule is CCC(C)C(NC(=O)C(CO)NC(=O)C(N)Cc1ccccc1)C(=O)NC(Cc1ccc(O)cc1)C(=O)O. The first-order chi connectivity index (χ1) is 18.0. The zero-order valence-corrected chi connectivity index (χ0v) is 21.5. The first-order valence-electron chi connectivity index (χ1n) is 12.4. The molecule has 0 saturated heterocycles. The Morgan fingerprint density at radius 1 is 0.816 bits per heavy atom. The molecule has 5 unspecified atom stereocenters. The Balaban J connectivity index is 2.06. The Morgan fingerprint density at radius 3 is 1.95 bits per heavy atom. The highest BCUT2D eigenvalue weighted by Crippen LogP contribution is 2.13. The zero-order chi connectivity index (χ0) is 28.2. The summed E-state index contributed by atoms with van der Waals surface area (Å²) in [7, 11) is 0. The van der Waals surface area contributed by atoms with Gasteiger partial charge in [-0.15, -0.1) is 0 Å². The molecule has 8 N–H and O–H groups in total. The average molecular weight is 529 g/mol. The van der Waals surface area contributed by atoms with E-state index in [2.05, 4.69) is 16.0 Å². The van der Waals surface area contributed by atoms with Gasteiger partial charge in [-0.05, 0) is 35.6 Å². The van der Waals surface area contributed by atoms with E-state index in [0.717, 1.165) is 5.56 Å². The van der Waals surface area contributed by atoms with Gasteiger partial charge in [-0.2, -0.15) is 0 Å². The van der Waals surface area contributed by atoms with Crippen molar-refractivity contribution in [1.29, 1.82) is 0 Å². The molecule has 0 heterocycles. The third-order valence-corrected chi connectivity index (χ3v) is 6.23. The largest absolute Gasteiger partial charge is 0.508 e. The maximum absolute atomic E-state index is 13.1. The number of aliphatic carboxylic acids is 1. The number of nitrogens with two attached hydrogens (primary N) is 1. The number of benzene rings is 2. The van der Waals surface area contributed by atoms with Crippen molar-refractivity contribution >= 4 is 23.7 Å². The van der Waals surface area contributed by atoms with Gasteiger partial charge in [0.2, 0.25) is 17.7 Å². The Hall–Kier alpha value is -3.96. The predicted octanol–water partition coefficient (Wildman–Crippen LogP) is 0.0821. The molecule has 2 rings (SSSR count). The minimum absolute atomic E-state index is 0.0239. The maximum atomic E-state index is 13.1. The minimum atomic E-state index is -1.36. The van der Waals surface area contributed by atoms with E-state index in [9.17, 15) is 34.5 Å². The number of carbonyl (C=O) groups is 4. The van der Waals surface area contributed by atoms with Gasteiger partial charge in [0.1, 0.15) is 23.9 Å². The molecule has 0 spiro atoms. The van der Waals surface area contributed by atoms with Crippen LogP contribution >= 0.6 is 0 Å². The number of hydrogen-bond acceptors (Lipinski definition) is 7. The molecule has 0 aliphatic rings. The van der Waals surface area contributed by atoms with Crippen LogP contribution in [0.1, 0.15) is 31.4 Å². The molecule has 3 amide bonds. The predicted molar refractivity (Wildman–Crippen MR) is 140 cm³/mol. The van der Waals surface area contributed by atoms with Gasteiger partial charge < -0.3 is 37.0 Å². The van der Waals surface area contributed by atoms with Crippen LogP contribution in [0.2, 0.25) is 0 Å². The summed E-state index contributed by atoms with van der Waals surface area (Å²) in [6.07, 6.45) is 0.658. The maximum Gasteiger partial charge on any atom is 0.326 e. The van der Waals surface area contributed by atoms with Crippen molar-refractivity contribution in [1.82, 2.24) is 16.0 Å². The smallest absolute Gasteiger partial charge is 0.326 e. The van der Waals surface area contributed by atoms with Gasteiger partial charge in [-0.25, -0.2) is 4.79 Å². The third-order valence-electron chi connectivity index (χ3n) is 6.23. The van der Waals surface area contributed by atoms with Crippen molar-refractivity contribution in [2.75, 3.05) is 6.61 Å². The number of aliphatic hydroxyl groups is 1. The molecule has 0 saturated carbocycles. The normalized spacial score (nSPS) is 14.8. The van der Waals surface area contributed by atoms with E-state index in [1.165, 1.54) is 12.1 Å². The number of phenolic OH excluding ortho intramolecular Hbond substituents is 1. The summed E-state index contributed by atoms with van der Waals surface area (Å²) in [5.41, 5.74) is 7.37. The molecule has 11 heteroatoms. The molecule has 38 heavy (non-hydrogen) atoms. The van der Waals surface area contributed by atoms with Crippen LogP contribution in [0.4, 0.5) is 0 Å². The summed E-state index contributed by atoms with van der Waals surface area (Å²) in [5, 5.41) is 36.2. The Bertz CT molecular complexity index is 1080. The van der Waals surface area contributed by atoms with Crippen molar-refractivity contribution in [2.24, 2.45) is 11.7 Å². The number of aromatic hydroxyl groups is 1. The highest BCUT2D eigenvalue weighted by Gasteiger charge is 2.32. The minimum Gasteiger partial charge on any atom is -0.508 e. The molecule has 5 atom stereocenters. The lowest BCUT2D eigenvalue weighted by atomic mass is 9.97. The molecule has 0 fully saturated rings. The number of phenols is 1. The highest BCUT2D eigenvalue weighted by molar-refractivity contribution is 5.94. The summed E-state index contributed by atoms with van der Waals surface area (Å²) >= 11 is 0. The third kappa shape index (κ3) is 9.16. The number of carboxylic acids is 1. The van der Waals surface area contributed by atoms with Gasteiger partial charge in [0.15, 0.2) is 0 Å². The first kappa shape index (κ1) is 30.3. The van der Waals surface area contributed by atoms with Gasteiger partial charge in [-0.3, -0.25) is 14.4 Å². The van der Waals surface area contributed by atoms with Crippen LogP contribution < -0.4 is 21.7 Å². The number of hydrogen-bond donors (Lipinski definition) is 7. The van der Waals surface area contributed by atoms with Crippen LogP contribution in [-0.2, 0) is 32.0 Å². The molecular weight excluding hydrogens is 492 g/mol. The molecule has 0 radical (unpaired) electrons. The van der Waals surface area contributed by atoms with Gasteiger partial charge in [0, 0.05) is 6.42 Å². The van der Waals surface area contributed by atoms with E-state index in [-0.39, 0.29) is 18.6 Å². The molecular formula is C27H36N4O7. The Labute approximate surface area is 221 Å². The second-order valence-corrected chi connectivity index (χ2v) is 9.18. The fourth-order valence-electron chi connectivity index (χ4n) is 3.72. The Kier molecular flexibility index (Phi) is 11.7. The van der Waals surface area contributed by atoms with E-state index in [4.69, 9.17) is 5.73 Å². The van der Waals surface area contributed by atoms with E-state index in [1.807, 2.05) is 30.3 Å². The standard InChI is InChI=1S/C27H36N4O7/c1-3-16(2)23(26(36)29-21(27(37)38)14-18-9-11-19(33)12-10-18)31-25(35)22(15-32)30-24(34)20(28)13-17-7-5-4-6-8-17/h4-12,16,20-23,32-33H,3,13-15,28H2,1-2H3,(H,29,36)(H,30,34)(H,31,35)(H,37,38). The van der Waals surface area contributed by atoms with Gasteiger partial charge in [-0.1, -0.05) is 62.7 Å². The first-order valence-corrected chi connectivity index (χ1v) is 12.4. The molecule has 0 aliphatic heterocycles. The highest BCUT2D eigenvalue weighted by atomic mass is 16.4. The summed E-state index contributed by atoms with van der Waals surface area (Å²) < 4.78 is 0. The quantitative estimate of drug-likeness (QED) is 0.179. The van der Waals surface area contributed by atoms with Crippen molar-refractivity contribution in [3.05, 3.63) is 65.7 Å². The number of nitrogens with one attached hydrogen (secondary N) is 3. The molecule has 2 aromatic carbocycles. The lowest BCUT2D eigenvalue weighted by molar-refractivity contribution is -0.142. The van der Waals surface area contributed by atoms with Gasteiger partial charge in [0.25, 0.3) is 0 Å². The van der Waals surface area contributed by atoms with Gasteiger partial charge >= 0.3 is 5.97 Å². The lowest BCUT2D eigenvalue weighted by Gasteiger charge is -2.27. The van der Waals surface area contributed by atoms with Crippen molar-refractivity contribution in [3.63, 3.8) is 0 Å². The molecule has 0 aliphatic carbocycles. The number of rotatable bonds is 14. The van der Waals surface area contributed by atoms with E-state index in [0.29, 0.717) is 12.0 Å². The lowest BCUT2D eigenvalue weighted by Crippen LogP contribution is -2.59. The summed E-state index contributed by atoms with van der Waals surface area (Å²) in [5.74, 6) is -3.81. The molecule has 2 aromatic rings. The van der Waals surface area contributed by atoms with E-state index >= 15 is 0 Å². The second-order valence-electron chi connectivity index (χ2n) is 9.18. The summed E-state index contributed by atoms with van der Waals surface area (Å²) in [6, 6.07) is 10.2. The number of amides is 3. The molecule has 206 valence electrons. The van der Waals surface area contributed by atoms with Crippen molar-refractivity contribution in [2.45, 2.75) is 57.3 Å². The van der Waals surface area contributed by atoms with Crippen LogP contribution in [0.3, 0.4) is 0 Å². The average Bonchev–Trinajstić information content (AvgIpc) is 2.90. The van der Waals surface area contributed by atoms with Crippen LogP contribution in [0, 0.1) is 5.92 Å². The molecule has 0 aromatic heterocycles. The Morgan fingerprint density at radius 2 is 1.39 bits per heavy atom. The molecule has 11 nitrogen and oxygen atoms in total. The molecule has 0 bridgehead atoms. The van der Waals surface area contributed by atoms with Crippen molar-refractivity contribution in [3.8, 4) is 5.75 Å². The van der Waals surface area contributed by atoms with Gasteiger partial charge in [0.05, 0.1) is 12.6 Å².